The normalized spacial score (nSPS) is 17.3. The van der Waals surface area contributed by atoms with Gasteiger partial charge in [-0.15, -0.1) is 0 Å². The Morgan fingerprint density at radius 1 is 1.41 bits per heavy atom. The summed E-state index contributed by atoms with van der Waals surface area (Å²) in [5, 5.41) is 9.88. The van der Waals surface area contributed by atoms with E-state index in [1.807, 2.05) is 0 Å². The SMILES string of the molecule is C.CCOC(=O)C1CNC(=O)c2c3c(nn2C1)CCN(C(=O)Nc1ccc(F)c(Cl)c1)C3. The molecule has 2 aromatic rings. The number of anilines is 1. The lowest BCUT2D eigenvalue weighted by atomic mass is 10.1. The molecule has 0 saturated heterocycles. The lowest BCUT2D eigenvalue weighted by molar-refractivity contribution is -0.148. The molecule has 1 aromatic heterocycles. The maximum atomic E-state index is 13.3. The minimum Gasteiger partial charge on any atom is -0.466 e. The number of halogens is 2. The second-order valence-corrected chi connectivity index (χ2v) is 7.75. The van der Waals surface area contributed by atoms with Gasteiger partial charge >= 0.3 is 12.0 Å². The summed E-state index contributed by atoms with van der Waals surface area (Å²) in [6.07, 6.45) is 0.463. The van der Waals surface area contributed by atoms with E-state index in [0.29, 0.717) is 29.9 Å². The monoisotopic (exact) mass is 465 g/mol. The second kappa shape index (κ2) is 9.56. The average Bonchev–Trinajstić information content (AvgIpc) is 3.02. The molecule has 2 N–H and O–H groups in total. The number of hydrogen-bond donors (Lipinski definition) is 2. The zero-order chi connectivity index (χ0) is 22.1. The summed E-state index contributed by atoms with van der Waals surface area (Å²) >= 11 is 5.77. The van der Waals surface area contributed by atoms with Crippen molar-refractivity contribution in [1.29, 1.82) is 0 Å². The summed E-state index contributed by atoms with van der Waals surface area (Å²) in [5.41, 5.74) is 2.10. The molecular formula is C21H25ClFN5O4. The van der Waals surface area contributed by atoms with E-state index in [9.17, 15) is 18.8 Å². The summed E-state index contributed by atoms with van der Waals surface area (Å²) in [4.78, 5) is 39.1. The molecule has 1 aromatic carbocycles. The van der Waals surface area contributed by atoms with Crippen LogP contribution in [0, 0.1) is 11.7 Å². The van der Waals surface area contributed by atoms with Gasteiger partial charge in [-0.2, -0.15) is 5.10 Å². The van der Waals surface area contributed by atoms with Crippen LogP contribution >= 0.6 is 11.6 Å². The number of nitrogens with zero attached hydrogens (tertiary/aromatic N) is 3. The van der Waals surface area contributed by atoms with Crippen molar-refractivity contribution in [3.63, 3.8) is 0 Å². The predicted molar refractivity (Wildman–Crippen MR) is 116 cm³/mol. The van der Waals surface area contributed by atoms with Gasteiger partial charge in [0.25, 0.3) is 5.91 Å². The highest BCUT2D eigenvalue weighted by molar-refractivity contribution is 6.31. The molecule has 0 spiro atoms. The number of esters is 1. The van der Waals surface area contributed by atoms with Gasteiger partial charge in [0.2, 0.25) is 0 Å². The summed E-state index contributed by atoms with van der Waals surface area (Å²) in [6.45, 7) is 2.95. The van der Waals surface area contributed by atoms with Crippen LogP contribution < -0.4 is 10.6 Å². The molecule has 0 radical (unpaired) electrons. The number of amides is 3. The fraction of sp³-hybridized carbons (Fsp3) is 0.429. The van der Waals surface area contributed by atoms with Crippen molar-refractivity contribution >= 4 is 35.2 Å². The number of carbonyl (C=O) groups is 3. The highest BCUT2D eigenvalue weighted by Gasteiger charge is 2.34. The summed E-state index contributed by atoms with van der Waals surface area (Å²) < 4.78 is 20.0. The van der Waals surface area contributed by atoms with Gasteiger partial charge in [0, 0.05) is 30.8 Å². The van der Waals surface area contributed by atoms with Gasteiger partial charge in [-0.05, 0) is 25.1 Å². The Morgan fingerprint density at radius 2 is 2.19 bits per heavy atom. The molecule has 3 amide bonds. The van der Waals surface area contributed by atoms with E-state index in [0.717, 1.165) is 5.69 Å². The molecule has 2 aliphatic heterocycles. The number of carbonyl (C=O) groups excluding carboxylic acids is 3. The molecule has 172 valence electrons. The first-order chi connectivity index (χ1) is 14.9. The molecule has 0 aliphatic carbocycles. The fourth-order valence-electron chi connectivity index (χ4n) is 3.75. The van der Waals surface area contributed by atoms with Crippen molar-refractivity contribution in [1.82, 2.24) is 20.0 Å². The maximum Gasteiger partial charge on any atom is 0.322 e. The van der Waals surface area contributed by atoms with Gasteiger partial charge in [0.05, 0.1) is 36.3 Å². The number of aromatic nitrogens is 2. The van der Waals surface area contributed by atoms with Crippen LogP contribution in [-0.2, 0) is 29.0 Å². The highest BCUT2D eigenvalue weighted by Crippen LogP contribution is 2.26. The van der Waals surface area contributed by atoms with E-state index in [1.165, 1.54) is 22.9 Å². The lowest BCUT2D eigenvalue weighted by Crippen LogP contribution is -2.39. The Bertz CT molecular complexity index is 1060. The van der Waals surface area contributed by atoms with E-state index in [2.05, 4.69) is 15.7 Å². The molecule has 9 nitrogen and oxygen atoms in total. The largest absolute Gasteiger partial charge is 0.466 e. The Morgan fingerprint density at radius 3 is 2.91 bits per heavy atom. The van der Waals surface area contributed by atoms with Crippen LogP contribution in [0.5, 0.6) is 0 Å². The van der Waals surface area contributed by atoms with Crippen molar-refractivity contribution in [2.24, 2.45) is 5.92 Å². The maximum absolute atomic E-state index is 13.3. The third kappa shape index (κ3) is 4.55. The lowest BCUT2D eigenvalue weighted by Gasteiger charge is -2.27. The number of ether oxygens (including phenoxy) is 1. The number of rotatable bonds is 3. The minimum atomic E-state index is -0.572. The van der Waals surface area contributed by atoms with Crippen molar-refractivity contribution in [2.45, 2.75) is 33.9 Å². The first kappa shape index (κ1) is 23.5. The molecular weight excluding hydrogens is 441 g/mol. The molecule has 1 atom stereocenters. The summed E-state index contributed by atoms with van der Waals surface area (Å²) in [6, 6.07) is 3.53. The Labute approximate surface area is 189 Å². The molecule has 4 rings (SSSR count). The number of urea groups is 1. The van der Waals surface area contributed by atoms with Crippen LogP contribution in [0.3, 0.4) is 0 Å². The second-order valence-electron chi connectivity index (χ2n) is 7.35. The number of benzene rings is 1. The first-order valence-electron chi connectivity index (χ1n) is 9.91. The Hall–Kier alpha value is -3.14. The van der Waals surface area contributed by atoms with Gasteiger partial charge in [-0.25, -0.2) is 9.18 Å². The van der Waals surface area contributed by atoms with E-state index in [-0.39, 0.29) is 50.6 Å². The van der Waals surface area contributed by atoms with Crippen LogP contribution in [0.1, 0.15) is 36.1 Å². The molecule has 0 saturated carbocycles. The highest BCUT2D eigenvalue weighted by atomic mass is 35.5. The standard InChI is InChI=1S/C20H21ClFN5O4.CH4/c1-2-31-19(29)11-8-23-18(28)17-13-10-26(6-5-16(13)25-27(17)9-11)20(30)24-12-3-4-15(22)14(21)7-12;/h3-4,7,11H,2,5-6,8-10H2,1H3,(H,23,28)(H,24,30);1H4. The van der Waals surface area contributed by atoms with E-state index in [4.69, 9.17) is 16.3 Å². The molecule has 32 heavy (non-hydrogen) atoms. The summed E-state index contributed by atoms with van der Waals surface area (Å²) in [5.74, 6) is -1.83. The average molecular weight is 466 g/mol. The Balaban J connectivity index is 0.00000289. The van der Waals surface area contributed by atoms with Crippen LogP contribution in [-0.4, -0.2) is 52.3 Å². The molecule has 2 aliphatic rings. The molecule has 0 fully saturated rings. The van der Waals surface area contributed by atoms with E-state index >= 15 is 0 Å². The predicted octanol–water partition coefficient (Wildman–Crippen LogP) is 2.82. The van der Waals surface area contributed by atoms with Crippen LogP contribution in [0.15, 0.2) is 18.2 Å². The third-order valence-electron chi connectivity index (χ3n) is 5.30. The molecule has 0 bridgehead atoms. The van der Waals surface area contributed by atoms with Crippen LogP contribution in [0.2, 0.25) is 5.02 Å². The fourth-order valence-corrected chi connectivity index (χ4v) is 3.93. The van der Waals surface area contributed by atoms with Crippen molar-refractivity contribution in [3.05, 3.63) is 46.0 Å². The van der Waals surface area contributed by atoms with Gasteiger partial charge in [-0.1, -0.05) is 19.0 Å². The molecule has 3 heterocycles. The molecule has 1 unspecified atom stereocenters. The third-order valence-corrected chi connectivity index (χ3v) is 5.59. The minimum absolute atomic E-state index is 0. The number of nitrogens with one attached hydrogen (secondary N) is 2. The van der Waals surface area contributed by atoms with E-state index < -0.39 is 17.8 Å². The van der Waals surface area contributed by atoms with Gasteiger partial charge in [0.15, 0.2) is 0 Å². The van der Waals surface area contributed by atoms with Gasteiger partial charge in [0.1, 0.15) is 11.5 Å². The number of fused-ring (bicyclic) bond motifs is 3. The first-order valence-corrected chi connectivity index (χ1v) is 10.3. The van der Waals surface area contributed by atoms with Crippen molar-refractivity contribution < 1.29 is 23.5 Å². The smallest absolute Gasteiger partial charge is 0.322 e. The number of hydrogen-bond acceptors (Lipinski definition) is 5. The van der Waals surface area contributed by atoms with Gasteiger partial charge in [-0.3, -0.25) is 14.3 Å². The zero-order valence-corrected chi connectivity index (χ0v) is 17.5. The van der Waals surface area contributed by atoms with Crippen molar-refractivity contribution in [2.75, 3.05) is 25.0 Å². The molecule has 11 heteroatoms. The van der Waals surface area contributed by atoms with Gasteiger partial charge < -0.3 is 20.3 Å². The topological polar surface area (TPSA) is 106 Å². The zero-order valence-electron chi connectivity index (χ0n) is 16.8. The van der Waals surface area contributed by atoms with E-state index in [1.54, 1.807) is 11.8 Å². The van der Waals surface area contributed by atoms with Crippen LogP contribution in [0.25, 0.3) is 0 Å². The van der Waals surface area contributed by atoms with Crippen molar-refractivity contribution in [3.8, 4) is 0 Å². The summed E-state index contributed by atoms with van der Waals surface area (Å²) in [7, 11) is 0. The quantitative estimate of drug-likeness (QED) is 0.678. The Kier molecular flexibility index (Phi) is 7.02. The van der Waals surface area contributed by atoms with Crippen LogP contribution in [0.4, 0.5) is 14.9 Å².